The zero-order valence-corrected chi connectivity index (χ0v) is 22.3. The highest BCUT2D eigenvalue weighted by molar-refractivity contribution is 14.0. The van der Waals surface area contributed by atoms with Crippen LogP contribution in [-0.2, 0) is 13.0 Å². The number of piperidine rings is 1. The van der Waals surface area contributed by atoms with Crippen LogP contribution in [-0.4, -0.2) is 47.6 Å². The molecular weight excluding hydrogens is 517 g/mol. The maximum Gasteiger partial charge on any atom is 0.191 e. The minimum absolute atomic E-state index is 0. The van der Waals surface area contributed by atoms with Crippen molar-refractivity contribution in [2.75, 3.05) is 19.6 Å². The third-order valence-corrected chi connectivity index (χ3v) is 6.69. The third kappa shape index (κ3) is 9.06. The van der Waals surface area contributed by atoms with Gasteiger partial charge in [-0.3, -0.25) is 9.89 Å². The van der Waals surface area contributed by atoms with Crippen LogP contribution >= 0.6 is 35.3 Å². The second-order valence-corrected chi connectivity index (χ2v) is 9.21. The molecule has 0 saturated carbocycles. The van der Waals surface area contributed by atoms with Crippen LogP contribution < -0.4 is 10.6 Å². The van der Waals surface area contributed by atoms with Gasteiger partial charge in [0, 0.05) is 49.3 Å². The zero-order chi connectivity index (χ0) is 21.2. The molecule has 1 aromatic heterocycles. The van der Waals surface area contributed by atoms with Crippen molar-refractivity contribution in [1.29, 1.82) is 0 Å². The van der Waals surface area contributed by atoms with E-state index in [1.54, 1.807) is 11.3 Å². The van der Waals surface area contributed by atoms with Crippen molar-refractivity contribution < 1.29 is 0 Å². The average molecular weight is 556 g/mol. The van der Waals surface area contributed by atoms with Crippen LogP contribution in [0.15, 0.2) is 40.7 Å². The summed E-state index contributed by atoms with van der Waals surface area (Å²) in [6.45, 7) is 10.5. The Kier molecular flexibility index (Phi) is 11.8. The van der Waals surface area contributed by atoms with E-state index in [0.29, 0.717) is 12.1 Å². The molecular formula is C24H38IN5S. The quantitative estimate of drug-likeness (QED) is 0.198. The van der Waals surface area contributed by atoms with Crippen LogP contribution in [0, 0.1) is 6.92 Å². The molecule has 3 rings (SSSR count). The van der Waals surface area contributed by atoms with Crippen LogP contribution in [0.2, 0.25) is 0 Å². The molecule has 1 aromatic carbocycles. The summed E-state index contributed by atoms with van der Waals surface area (Å²) in [6, 6.07) is 11.9. The SMILES string of the molecule is CCNC(=NCCCCc1nc(C)cs1)NC1CCN(Cc2ccccc2)C(C)C1.I. The normalized spacial score (nSPS) is 19.6. The summed E-state index contributed by atoms with van der Waals surface area (Å²) in [5.41, 5.74) is 2.54. The van der Waals surface area contributed by atoms with E-state index in [0.717, 1.165) is 69.9 Å². The minimum atomic E-state index is 0. The van der Waals surface area contributed by atoms with Gasteiger partial charge in [-0.15, -0.1) is 35.3 Å². The van der Waals surface area contributed by atoms with Crippen LogP contribution in [0.5, 0.6) is 0 Å². The van der Waals surface area contributed by atoms with Gasteiger partial charge < -0.3 is 10.6 Å². The van der Waals surface area contributed by atoms with E-state index in [-0.39, 0.29) is 24.0 Å². The van der Waals surface area contributed by atoms with Crippen molar-refractivity contribution in [3.8, 4) is 0 Å². The molecule has 31 heavy (non-hydrogen) atoms. The molecule has 1 aliphatic heterocycles. The molecule has 0 amide bonds. The molecule has 2 atom stereocenters. The van der Waals surface area contributed by atoms with E-state index in [9.17, 15) is 0 Å². The Bertz CT molecular complexity index is 779. The first-order chi connectivity index (χ1) is 14.6. The molecule has 2 unspecified atom stereocenters. The fraction of sp³-hybridized carbons (Fsp3) is 0.583. The number of hydrogen-bond donors (Lipinski definition) is 2. The lowest BCUT2D eigenvalue weighted by atomic mass is 9.97. The van der Waals surface area contributed by atoms with Gasteiger partial charge >= 0.3 is 0 Å². The number of aliphatic imine (C=N–C) groups is 1. The monoisotopic (exact) mass is 555 g/mol. The number of rotatable bonds is 9. The lowest BCUT2D eigenvalue weighted by molar-refractivity contribution is 0.134. The molecule has 1 saturated heterocycles. The van der Waals surface area contributed by atoms with Gasteiger partial charge in [0.25, 0.3) is 0 Å². The second-order valence-electron chi connectivity index (χ2n) is 8.27. The molecule has 2 aromatic rings. The molecule has 1 fully saturated rings. The Morgan fingerprint density at radius 3 is 2.74 bits per heavy atom. The number of likely N-dealkylation sites (tertiary alicyclic amines) is 1. The Balaban J connectivity index is 0.00000341. The Hall–Kier alpha value is -1.19. The predicted octanol–water partition coefficient (Wildman–Crippen LogP) is 5.00. The van der Waals surface area contributed by atoms with Gasteiger partial charge in [0.15, 0.2) is 5.96 Å². The number of benzene rings is 1. The van der Waals surface area contributed by atoms with Gasteiger partial charge in [-0.25, -0.2) is 4.98 Å². The second kappa shape index (κ2) is 14.1. The number of aryl methyl sites for hydroxylation is 2. The van der Waals surface area contributed by atoms with Crippen molar-refractivity contribution in [3.63, 3.8) is 0 Å². The molecule has 1 aliphatic rings. The maximum atomic E-state index is 4.82. The van der Waals surface area contributed by atoms with Gasteiger partial charge in [0.05, 0.1) is 5.01 Å². The van der Waals surface area contributed by atoms with Gasteiger partial charge in [-0.05, 0) is 58.4 Å². The Morgan fingerprint density at radius 1 is 1.26 bits per heavy atom. The highest BCUT2D eigenvalue weighted by atomic mass is 127. The summed E-state index contributed by atoms with van der Waals surface area (Å²) >= 11 is 1.77. The number of nitrogens with zero attached hydrogens (tertiary/aromatic N) is 3. The highest BCUT2D eigenvalue weighted by Gasteiger charge is 2.25. The van der Waals surface area contributed by atoms with E-state index in [4.69, 9.17) is 4.99 Å². The Labute approximate surface area is 209 Å². The molecule has 2 heterocycles. The van der Waals surface area contributed by atoms with Gasteiger partial charge in [-0.2, -0.15) is 0 Å². The summed E-state index contributed by atoms with van der Waals surface area (Å²) in [5.74, 6) is 0.969. The summed E-state index contributed by atoms with van der Waals surface area (Å²) in [7, 11) is 0. The fourth-order valence-electron chi connectivity index (χ4n) is 4.01. The van der Waals surface area contributed by atoms with Crippen molar-refractivity contribution in [3.05, 3.63) is 52.0 Å². The van der Waals surface area contributed by atoms with Gasteiger partial charge in [0.1, 0.15) is 0 Å². The Morgan fingerprint density at radius 2 is 2.06 bits per heavy atom. The first kappa shape index (κ1) is 26.1. The molecule has 2 N–H and O–H groups in total. The number of thiazole rings is 1. The van der Waals surface area contributed by atoms with Crippen LogP contribution in [0.1, 0.15) is 55.8 Å². The number of halogens is 1. The summed E-state index contributed by atoms with van der Waals surface area (Å²) in [6.07, 6.45) is 5.62. The van der Waals surface area contributed by atoms with Gasteiger partial charge in [0.2, 0.25) is 0 Å². The summed E-state index contributed by atoms with van der Waals surface area (Å²) in [4.78, 5) is 12.0. The number of nitrogens with one attached hydrogen (secondary N) is 2. The number of hydrogen-bond acceptors (Lipinski definition) is 4. The highest BCUT2D eigenvalue weighted by Crippen LogP contribution is 2.20. The van der Waals surface area contributed by atoms with Crippen molar-refractivity contribution in [2.24, 2.45) is 4.99 Å². The van der Waals surface area contributed by atoms with E-state index < -0.39 is 0 Å². The van der Waals surface area contributed by atoms with Crippen LogP contribution in [0.4, 0.5) is 0 Å². The molecule has 0 bridgehead atoms. The van der Waals surface area contributed by atoms with E-state index in [1.807, 2.05) is 0 Å². The zero-order valence-electron chi connectivity index (χ0n) is 19.1. The topological polar surface area (TPSA) is 52.6 Å². The smallest absolute Gasteiger partial charge is 0.191 e. The lowest BCUT2D eigenvalue weighted by Crippen LogP contribution is -2.51. The van der Waals surface area contributed by atoms with Crippen LogP contribution in [0.3, 0.4) is 0 Å². The van der Waals surface area contributed by atoms with E-state index in [1.165, 1.54) is 10.6 Å². The molecule has 0 spiro atoms. The first-order valence-electron chi connectivity index (χ1n) is 11.4. The molecule has 0 radical (unpaired) electrons. The van der Waals surface area contributed by atoms with Crippen molar-refractivity contribution >= 4 is 41.3 Å². The fourth-order valence-corrected chi connectivity index (χ4v) is 4.83. The molecule has 0 aliphatic carbocycles. The number of aromatic nitrogens is 1. The predicted molar refractivity (Wildman–Crippen MR) is 144 cm³/mol. The minimum Gasteiger partial charge on any atom is -0.357 e. The third-order valence-electron chi connectivity index (χ3n) is 5.66. The average Bonchev–Trinajstić information content (AvgIpc) is 3.16. The number of unbranched alkanes of at least 4 members (excludes halogenated alkanes) is 1. The standard InChI is InChI=1S/C24H37N5S.HI/c1-4-25-24(26-14-9-8-12-23-27-19(2)18-30-23)28-22-13-15-29(20(3)16-22)17-21-10-6-5-7-11-21;/h5-7,10-11,18,20,22H,4,8-9,12-17H2,1-3H3,(H2,25,26,28);1H. The van der Waals surface area contributed by atoms with Crippen LogP contribution in [0.25, 0.3) is 0 Å². The van der Waals surface area contributed by atoms with E-state index >= 15 is 0 Å². The maximum absolute atomic E-state index is 4.82. The number of guanidine groups is 1. The van der Waals surface area contributed by atoms with E-state index in [2.05, 4.69) is 77.0 Å². The van der Waals surface area contributed by atoms with Crippen molar-refractivity contribution in [1.82, 2.24) is 20.5 Å². The summed E-state index contributed by atoms with van der Waals surface area (Å²) in [5, 5.41) is 10.5. The molecule has 172 valence electrons. The molecule has 7 heteroatoms. The van der Waals surface area contributed by atoms with Crippen molar-refractivity contribution in [2.45, 2.75) is 71.5 Å². The van der Waals surface area contributed by atoms with Gasteiger partial charge in [-0.1, -0.05) is 30.3 Å². The lowest BCUT2D eigenvalue weighted by Gasteiger charge is -2.38. The molecule has 5 nitrogen and oxygen atoms in total. The first-order valence-corrected chi connectivity index (χ1v) is 12.3. The largest absolute Gasteiger partial charge is 0.357 e. The summed E-state index contributed by atoms with van der Waals surface area (Å²) < 4.78 is 0.